The summed E-state index contributed by atoms with van der Waals surface area (Å²) in [6, 6.07) is 25.1. The number of halogens is 2. The summed E-state index contributed by atoms with van der Waals surface area (Å²) in [5.74, 6) is -1.16. The molecule has 0 bridgehead atoms. The van der Waals surface area contributed by atoms with Gasteiger partial charge in [-0.1, -0.05) is 41.4 Å². The number of hydrogen-bond acceptors (Lipinski definition) is 8. The number of rotatable bonds is 13. The fourth-order valence-corrected chi connectivity index (χ4v) is 7.82. The Morgan fingerprint density at radius 2 is 1.69 bits per heavy atom. The standard InChI is InChI=1S/C32H26Cl2N2O6S3/c33-22-8-13-26(14-9-22)45(40,41)16-2-3-20-6-11-24(12-7-20)42-31(32(38)39)36-30(37)21-4-1-5-25(17-21)43-19-29-35-27-18-23(34)10-15-28(27)44-29/h1,4-15,17-18,31H,2-3,16,19H2,(H,36,37)(H,38,39). The lowest BCUT2D eigenvalue weighted by Crippen LogP contribution is -2.44. The van der Waals surface area contributed by atoms with E-state index in [1.54, 1.807) is 65.9 Å². The van der Waals surface area contributed by atoms with Gasteiger partial charge in [-0.15, -0.1) is 23.1 Å². The lowest BCUT2D eigenvalue weighted by atomic mass is 10.1. The summed E-state index contributed by atoms with van der Waals surface area (Å²) < 4.78 is 31.7. The zero-order valence-electron chi connectivity index (χ0n) is 23.5. The summed E-state index contributed by atoms with van der Waals surface area (Å²) in [4.78, 5) is 30.5. The van der Waals surface area contributed by atoms with E-state index in [9.17, 15) is 23.1 Å². The molecular formula is C32H26Cl2N2O6S3. The summed E-state index contributed by atoms with van der Waals surface area (Å²) in [6.07, 6.45) is -0.738. The van der Waals surface area contributed by atoms with Crippen molar-refractivity contribution in [3.05, 3.63) is 117 Å². The Balaban J connectivity index is 1.14. The van der Waals surface area contributed by atoms with E-state index in [4.69, 9.17) is 27.9 Å². The van der Waals surface area contributed by atoms with Crippen molar-refractivity contribution < 1.29 is 27.9 Å². The van der Waals surface area contributed by atoms with Gasteiger partial charge in [-0.25, -0.2) is 18.2 Å². The third-order valence-corrected chi connectivity index (χ3v) is 11.1. The van der Waals surface area contributed by atoms with Crippen molar-refractivity contribution in [2.75, 3.05) is 5.75 Å². The smallest absolute Gasteiger partial charge is 0.366 e. The van der Waals surface area contributed by atoms with E-state index < -0.39 is 27.9 Å². The monoisotopic (exact) mass is 700 g/mol. The second-order valence-electron chi connectivity index (χ2n) is 9.87. The van der Waals surface area contributed by atoms with Crippen LogP contribution in [0.3, 0.4) is 0 Å². The SMILES string of the molecule is O=C(NC(Oc1ccc(CCCS(=O)(=O)c2ccc(Cl)cc2)cc1)C(=O)O)c1cccc(SCc2nc3cc(Cl)ccc3s2)c1. The number of amides is 1. The number of fused-ring (bicyclic) bond motifs is 1. The highest BCUT2D eigenvalue weighted by atomic mass is 35.5. The molecule has 0 spiro atoms. The third-order valence-electron chi connectivity index (χ3n) is 6.57. The summed E-state index contributed by atoms with van der Waals surface area (Å²) >= 11 is 15.0. The lowest BCUT2D eigenvalue weighted by molar-refractivity contribution is -0.146. The molecule has 0 aliphatic heterocycles. The molecule has 4 aromatic carbocycles. The van der Waals surface area contributed by atoms with Crippen LogP contribution in [0.4, 0.5) is 0 Å². The van der Waals surface area contributed by atoms with Gasteiger partial charge in [-0.2, -0.15) is 0 Å². The van der Waals surface area contributed by atoms with Crippen LogP contribution in [0.2, 0.25) is 10.0 Å². The molecule has 0 radical (unpaired) electrons. The molecule has 5 rings (SSSR count). The van der Waals surface area contributed by atoms with E-state index in [2.05, 4.69) is 10.3 Å². The normalized spacial score (nSPS) is 12.1. The number of aliphatic carboxylic acids is 1. The molecule has 1 amide bonds. The van der Waals surface area contributed by atoms with Gasteiger partial charge in [0, 0.05) is 20.5 Å². The summed E-state index contributed by atoms with van der Waals surface area (Å²) in [6.45, 7) is 0. The number of thioether (sulfide) groups is 1. The van der Waals surface area contributed by atoms with Crippen molar-refractivity contribution in [2.45, 2.75) is 34.6 Å². The first-order valence-electron chi connectivity index (χ1n) is 13.6. The highest BCUT2D eigenvalue weighted by Gasteiger charge is 2.23. The maximum atomic E-state index is 13.0. The second-order valence-corrected chi connectivity index (χ2v) is 15.0. The Labute approximate surface area is 278 Å². The van der Waals surface area contributed by atoms with Crippen LogP contribution in [0.15, 0.2) is 101 Å². The van der Waals surface area contributed by atoms with E-state index in [0.29, 0.717) is 28.6 Å². The van der Waals surface area contributed by atoms with Gasteiger partial charge in [0.25, 0.3) is 12.1 Å². The van der Waals surface area contributed by atoms with Crippen LogP contribution in [-0.2, 0) is 26.8 Å². The average Bonchev–Trinajstić information content (AvgIpc) is 3.43. The van der Waals surface area contributed by atoms with Crippen molar-refractivity contribution in [3.63, 3.8) is 0 Å². The number of benzene rings is 4. The maximum Gasteiger partial charge on any atom is 0.366 e. The molecule has 0 fully saturated rings. The van der Waals surface area contributed by atoms with Gasteiger partial charge in [0.2, 0.25) is 0 Å². The third kappa shape index (κ3) is 8.99. The van der Waals surface area contributed by atoms with E-state index in [1.807, 2.05) is 24.3 Å². The number of hydrogen-bond donors (Lipinski definition) is 2. The number of nitrogens with one attached hydrogen (secondary N) is 1. The number of carboxylic acid groups (broad SMARTS) is 1. The van der Waals surface area contributed by atoms with Gasteiger partial charge in [0.1, 0.15) is 10.8 Å². The van der Waals surface area contributed by atoms with Crippen molar-refractivity contribution in [1.29, 1.82) is 0 Å². The number of ether oxygens (including phenoxy) is 1. The molecule has 2 N–H and O–H groups in total. The van der Waals surface area contributed by atoms with Gasteiger partial charge < -0.3 is 15.2 Å². The highest BCUT2D eigenvalue weighted by Crippen LogP contribution is 2.30. The van der Waals surface area contributed by atoms with Crippen molar-refractivity contribution in [3.8, 4) is 5.75 Å². The minimum atomic E-state index is -3.44. The minimum Gasteiger partial charge on any atom is -0.477 e. The quantitative estimate of drug-likeness (QED) is 0.0955. The molecule has 0 aliphatic carbocycles. The molecule has 1 aromatic heterocycles. The predicted octanol–water partition coefficient (Wildman–Crippen LogP) is 7.52. The number of aromatic nitrogens is 1. The first kappa shape index (κ1) is 32.8. The lowest BCUT2D eigenvalue weighted by Gasteiger charge is -2.17. The van der Waals surface area contributed by atoms with Crippen LogP contribution in [-0.4, -0.2) is 42.4 Å². The zero-order valence-corrected chi connectivity index (χ0v) is 27.4. The number of carboxylic acids is 1. The molecule has 8 nitrogen and oxygen atoms in total. The van der Waals surface area contributed by atoms with Crippen molar-refractivity contribution in [1.82, 2.24) is 10.3 Å². The fourth-order valence-electron chi connectivity index (χ4n) is 4.32. The number of nitrogens with zero attached hydrogens (tertiary/aromatic N) is 1. The number of sulfone groups is 1. The Morgan fingerprint density at radius 1 is 0.956 bits per heavy atom. The van der Waals surface area contributed by atoms with Crippen LogP contribution in [0.25, 0.3) is 10.2 Å². The minimum absolute atomic E-state index is 0.0307. The predicted molar refractivity (Wildman–Crippen MR) is 178 cm³/mol. The Morgan fingerprint density at radius 3 is 2.42 bits per heavy atom. The first-order chi connectivity index (χ1) is 21.6. The molecule has 1 unspecified atom stereocenters. The summed E-state index contributed by atoms with van der Waals surface area (Å²) in [5.41, 5.74) is 1.98. The maximum absolute atomic E-state index is 13.0. The largest absolute Gasteiger partial charge is 0.477 e. The first-order valence-corrected chi connectivity index (χ1v) is 17.8. The van der Waals surface area contributed by atoms with Gasteiger partial charge >= 0.3 is 5.97 Å². The molecule has 0 saturated carbocycles. The highest BCUT2D eigenvalue weighted by molar-refractivity contribution is 7.98. The average molecular weight is 702 g/mol. The molecule has 0 saturated heterocycles. The van der Waals surface area contributed by atoms with Gasteiger partial charge in [0.15, 0.2) is 9.84 Å². The molecule has 0 aliphatic rings. The van der Waals surface area contributed by atoms with Crippen LogP contribution < -0.4 is 10.1 Å². The zero-order chi connectivity index (χ0) is 32.0. The Hall–Kier alpha value is -3.61. The van der Waals surface area contributed by atoms with Crippen LogP contribution in [0.1, 0.15) is 27.3 Å². The van der Waals surface area contributed by atoms with Crippen LogP contribution in [0, 0.1) is 0 Å². The summed E-state index contributed by atoms with van der Waals surface area (Å²) in [5, 5.41) is 14.1. The van der Waals surface area contributed by atoms with E-state index in [0.717, 1.165) is 25.7 Å². The van der Waals surface area contributed by atoms with Gasteiger partial charge in [-0.05, 0) is 91.2 Å². The fraction of sp³-hybridized carbons (Fsp3) is 0.156. The topological polar surface area (TPSA) is 123 Å². The van der Waals surface area contributed by atoms with E-state index in [1.165, 1.54) is 23.9 Å². The molecule has 5 aromatic rings. The molecule has 1 heterocycles. The number of carbonyl (C=O) groups is 2. The Bertz CT molecular complexity index is 1930. The van der Waals surface area contributed by atoms with Crippen LogP contribution in [0.5, 0.6) is 5.75 Å². The molecular weight excluding hydrogens is 675 g/mol. The number of carbonyl (C=O) groups excluding carboxylic acids is 1. The second kappa shape index (κ2) is 14.7. The van der Waals surface area contributed by atoms with E-state index >= 15 is 0 Å². The van der Waals surface area contributed by atoms with Crippen LogP contribution >= 0.6 is 46.3 Å². The van der Waals surface area contributed by atoms with Gasteiger partial charge in [0.05, 0.1) is 26.6 Å². The summed E-state index contributed by atoms with van der Waals surface area (Å²) in [7, 11) is -3.44. The number of thiazole rings is 1. The molecule has 1 atom stereocenters. The van der Waals surface area contributed by atoms with Crippen molar-refractivity contribution >= 4 is 78.2 Å². The Kier molecular flexibility index (Phi) is 10.7. The molecule has 13 heteroatoms. The van der Waals surface area contributed by atoms with Crippen molar-refractivity contribution in [2.24, 2.45) is 0 Å². The molecule has 45 heavy (non-hydrogen) atoms. The molecule has 232 valence electrons. The van der Waals surface area contributed by atoms with E-state index in [-0.39, 0.29) is 22.0 Å². The van der Waals surface area contributed by atoms with Gasteiger partial charge in [-0.3, -0.25) is 4.79 Å². The number of aryl methyl sites for hydroxylation is 1.